The van der Waals surface area contributed by atoms with Gasteiger partial charge in [0.2, 0.25) is 11.8 Å². The van der Waals surface area contributed by atoms with Gasteiger partial charge in [-0.25, -0.2) is 0 Å². The second-order valence-corrected chi connectivity index (χ2v) is 7.56. The summed E-state index contributed by atoms with van der Waals surface area (Å²) < 4.78 is 11.1. The Balaban J connectivity index is 1.33. The van der Waals surface area contributed by atoms with Crippen LogP contribution in [0.2, 0.25) is 0 Å². The zero-order chi connectivity index (χ0) is 18.8. The number of aromatic nitrogens is 2. The van der Waals surface area contributed by atoms with E-state index in [1.54, 1.807) is 0 Å². The number of hydrogen-bond donors (Lipinski definition) is 0. The number of hydrogen-bond acceptors (Lipinski definition) is 6. The largest absolute Gasteiger partial charge is 0.490 e. The summed E-state index contributed by atoms with van der Waals surface area (Å²) in [5.74, 6) is 3.00. The Morgan fingerprint density at radius 1 is 1.22 bits per heavy atom. The number of benzene rings is 1. The molecule has 0 unspecified atom stereocenters. The van der Waals surface area contributed by atoms with Crippen LogP contribution >= 0.6 is 0 Å². The highest BCUT2D eigenvalue weighted by Gasteiger charge is 2.29. The standard InChI is InChI=1S/C20H26N4O3/c1-14(2)19-21-20(27-22-19)15-7-9-23(10-8-15)13-18(25)24-11-12-26-17-6-4-3-5-16(17)24/h3-6,14-15H,7-13H2,1-2H3. The molecule has 7 nitrogen and oxygen atoms in total. The van der Waals surface area contributed by atoms with Crippen LogP contribution in [-0.2, 0) is 4.79 Å². The predicted molar refractivity (Wildman–Crippen MR) is 101 cm³/mol. The number of piperidine rings is 1. The van der Waals surface area contributed by atoms with Gasteiger partial charge < -0.3 is 14.2 Å². The van der Waals surface area contributed by atoms with Crippen molar-refractivity contribution in [3.05, 3.63) is 36.0 Å². The minimum absolute atomic E-state index is 0.129. The summed E-state index contributed by atoms with van der Waals surface area (Å²) in [5, 5.41) is 4.07. The summed E-state index contributed by atoms with van der Waals surface area (Å²) in [4.78, 5) is 21.4. The van der Waals surface area contributed by atoms with Gasteiger partial charge in [-0.1, -0.05) is 31.1 Å². The SMILES string of the molecule is CC(C)c1noc(C2CCN(CC(=O)N3CCOc4ccccc43)CC2)n1. The van der Waals surface area contributed by atoms with Crippen molar-refractivity contribution in [2.45, 2.75) is 38.5 Å². The molecule has 4 rings (SSSR count). The number of carbonyl (C=O) groups is 1. The third kappa shape index (κ3) is 3.83. The molecule has 0 bridgehead atoms. The first-order valence-corrected chi connectivity index (χ1v) is 9.70. The Hall–Kier alpha value is -2.41. The third-order valence-electron chi connectivity index (χ3n) is 5.30. The molecule has 27 heavy (non-hydrogen) atoms. The highest BCUT2D eigenvalue weighted by atomic mass is 16.5. The van der Waals surface area contributed by atoms with Crippen molar-refractivity contribution in [2.24, 2.45) is 0 Å². The fraction of sp³-hybridized carbons (Fsp3) is 0.550. The van der Waals surface area contributed by atoms with Crippen molar-refractivity contribution >= 4 is 11.6 Å². The van der Waals surface area contributed by atoms with Crippen LogP contribution in [0.4, 0.5) is 5.69 Å². The van der Waals surface area contributed by atoms with Crippen LogP contribution in [0, 0.1) is 0 Å². The van der Waals surface area contributed by atoms with Crippen molar-refractivity contribution in [3.63, 3.8) is 0 Å². The van der Waals surface area contributed by atoms with Gasteiger partial charge in [0, 0.05) is 11.8 Å². The van der Waals surface area contributed by atoms with Gasteiger partial charge in [-0.15, -0.1) is 0 Å². The zero-order valence-corrected chi connectivity index (χ0v) is 15.9. The van der Waals surface area contributed by atoms with Crippen LogP contribution in [0.25, 0.3) is 0 Å². The van der Waals surface area contributed by atoms with Gasteiger partial charge in [-0.2, -0.15) is 4.98 Å². The first-order valence-electron chi connectivity index (χ1n) is 9.70. The number of nitrogens with zero attached hydrogens (tertiary/aromatic N) is 4. The average molecular weight is 370 g/mol. The molecule has 3 heterocycles. The maximum absolute atomic E-state index is 12.8. The number of anilines is 1. The lowest BCUT2D eigenvalue weighted by Gasteiger charge is -2.34. The summed E-state index contributed by atoms with van der Waals surface area (Å²) in [6.45, 7) is 7.43. The number of amides is 1. The Bertz CT molecular complexity index is 796. The molecule has 1 saturated heterocycles. The van der Waals surface area contributed by atoms with Gasteiger partial charge in [-0.3, -0.25) is 9.69 Å². The van der Waals surface area contributed by atoms with Crippen LogP contribution in [-0.4, -0.2) is 53.7 Å². The maximum Gasteiger partial charge on any atom is 0.241 e. The Labute approximate surface area is 159 Å². The molecule has 144 valence electrons. The summed E-state index contributed by atoms with van der Waals surface area (Å²) >= 11 is 0. The monoisotopic (exact) mass is 370 g/mol. The highest BCUT2D eigenvalue weighted by Crippen LogP contribution is 2.32. The van der Waals surface area contributed by atoms with Gasteiger partial charge in [-0.05, 0) is 38.1 Å². The lowest BCUT2D eigenvalue weighted by Crippen LogP contribution is -2.45. The molecule has 1 fully saturated rings. The lowest BCUT2D eigenvalue weighted by molar-refractivity contribution is -0.120. The van der Waals surface area contributed by atoms with Crippen molar-refractivity contribution in [1.29, 1.82) is 0 Å². The first kappa shape index (κ1) is 18.0. The second kappa shape index (κ2) is 7.68. The minimum atomic E-state index is 0.129. The van der Waals surface area contributed by atoms with E-state index < -0.39 is 0 Å². The number of fused-ring (bicyclic) bond motifs is 1. The van der Waals surface area contributed by atoms with Gasteiger partial charge in [0.15, 0.2) is 5.82 Å². The van der Waals surface area contributed by atoms with Gasteiger partial charge in [0.05, 0.1) is 18.8 Å². The van der Waals surface area contributed by atoms with Gasteiger partial charge in [0.1, 0.15) is 12.4 Å². The topological polar surface area (TPSA) is 71.7 Å². The Morgan fingerprint density at radius 2 is 2.00 bits per heavy atom. The van der Waals surface area contributed by atoms with Crippen LogP contribution in [0.1, 0.15) is 50.2 Å². The molecule has 2 aliphatic heterocycles. The van der Waals surface area contributed by atoms with E-state index in [4.69, 9.17) is 9.26 Å². The fourth-order valence-electron chi connectivity index (χ4n) is 3.69. The van der Waals surface area contributed by atoms with Crippen molar-refractivity contribution in [1.82, 2.24) is 15.0 Å². The molecule has 7 heteroatoms. The van der Waals surface area contributed by atoms with Crippen molar-refractivity contribution in [3.8, 4) is 5.75 Å². The smallest absolute Gasteiger partial charge is 0.241 e. The van der Waals surface area contributed by atoms with E-state index >= 15 is 0 Å². The molecule has 2 aromatic rings. The Morgan fingerprint density at radius 3 is 2.74 bits per heavy atom. The normalized spacial score (nSPS) is 18.4. The first-order chi connectivity index (χ1) is 13.1. The van der Waals surface area contributed by atoms with Crippen LogP contribution in [0.3, 0.4) is 0 Å². The highest BCUT2D eigenvalue weighted by molar-refractivity contribution is 5.96. The average Bonchev–Trinajstić information content (AvgIpc) is 3.18. The molecular weight excluding hydrogens is 344 g/mol. The van der Waals surface area contributed by atoms with Gasteiger partial charge >= 0.3 is 0 Å². The van der Waals surface area contributed by atoms with E-state index in [1.807, 2.05) is 29.2 Å². The van der Waals surface area contributed by atoms with Crippen LogP contribution in [0.5, 0.6) is 5.75 Å². The van der Waals surface area contributed by atoms with Crippen LogP contribution < -0.4 is 9.64 Å². The molecule has 0 atom stereocenters. The molecule has 1 aromatic carbocycles. The summed E-state index contributed by atoms with van der Waals surface area (Å²) in [5.41, 5.74) is 0.871. The predicted octanol–water partition coefficient (Wildman–Crippen LogP) is 2.80. The second-order valence-electron chi connectivity index (χ2n) is 7.56. The maximum atomic E-state index is 12.8. The molecule has 0 radical (unpaired) electrons. The number of ether oxygens (including phenoxy) is 1. The van der Waals surface area contributed by atoms with E-state index in [2.05, 4.69) is 28.9 Å². The summed E-state index contributed by atoms with van der Waals surface area (Å²) in [7, 11) is 0. The summed E-state index contributed by atoms with van der Waals surface area (Å²) in [6.07, 6.45) is 1.87. The molecule has 0 N–H and O–H groups in total. The quantitative estimate of drug-likeness (QED) is 0.824. The molecule has 0 spiro atoms. The molecular formula is C20H26N4O3. The van der Waals surface area contributed by atoms with E-state index in [-0.39, 0.29) is 11.8 Å². The number of rotatable bonds is 4. The third-order valence-corrected chi connectivity index (χ3v) is 5.30. The Kier molecular flexibility index (Phi) is 5.11. The molecule has 2 aliphatic rings. The molecule has 0 saturated carbocycles. The van der Waals surface area contributed by atoms with Gasteiger partial charge in [0.25, 0.3) is 0 Å². The minimum Gasteiger partial charge on any atom is -0.490 e. The number of carbonyl (C=O) groups excluding carboxylic acids is 1. The van der Waals surface area contributed by atoms with Crippen molar-refractivity contribution in [2.75, 3.05) is 37.7 Å². The number of likely N-dealkylation sites (tertiary alicyclic amines) is 1. The van der Waals surface area contributed by atoms with Crippen molar-refractivity contribution < 1.29 is 14.1 Å². The summed E-state index contributed by atoms with van der Waals surface area (Å²) in [6, 6.07) is 7.73. The zero-order valence-electron chi connectivity index (χ0n) is 15.9. The lowest BCUT2D eigenvalue weighted by atomic mass is 9.96. The van der Waals surface area contributed by atoms with E-state index in [0.717, 1.165) is 49.1 Å². The van der Waals surface area contributed by atoms with E-state index in [1.165, 1.54) is 0 Å². The number of para-hydroxylation sites is 2. The fourth-order valence-corrected chi connectivity index (χ4v) is 3.69. The molecule has 0 aliphatic carbocycles. The van der Waals surface area contributed by atoms with E-state index in [9.17, 15) is 4.79 Å². The van der Waals surface area contributed by atoms with Crippen LogP contribution in [0.15, 0.2) is 28.8 Å². The molecule has 1 amide bonds. The molecule has 1 aromatic heterocycles. The van der Waals surface area contributed by atoms with E-state index in [0.29, 0.717) is 25.6 Å².